The Balaban J connectivity index is 2.05. The highest BCUT2D eigenvalue weighted by Crippen LogP contribution is 2.21. The number of hydrogen-bond donors (Lipinski definition) is 1. The third-order valence-electron chi connectivity index (χ3n) is 3.25. The third kappa shape index (κ3) is 3.23. The zero-order valence-electron chi connectivity index (χ0n) is 10.5. The molecule has 0 spiro atoms. The van der Waals surface area contributed by atoms with Crippen molar-refractivity contribution in [2.45, 2.75) is 0 Å². The van der Waals surface area contributed by atoms with Crippen molar-refractivity contribution in [2.24, 2.45) is 0 Å². The maximum atomic E-state index is 13.7. The van der Waals surface area contributed by atoms with Crippen molar-refractivity contribution in [3.05, 3.63) is 34.6 Å². The van der Waals surface area contributed by atoms with E-state index in [1.807, 2.05) is 0 Å². The molecule has 1 heterocycles. The molecule has 1 aromatic carbocycles. The smallest absolute Gasteiger partial charge is 0.258 e. The maximum absolute atomic E-state index is 13.7. The Labute approximate surface area is 116 Å². The number of nitrogens with zero attached hydrogens (tertiary/aromatic N) is 2. The van der Waals surface area contributed by atoms with Gasteiger partial charge in [-0.05, 0) is 12.1 Å². The normalized spacial score (nSPS) is 16.7. The number of carbonyl (C=O) groups excluding carboxylic acids is 1. The summed E-state index contributed by atoms with van der Waals surface area (Å²) in [5.41, 5.74) is -0.0558. The summed E-state index contributed by atoms with van der Waals surface area (Å²) in [6.07, 6.45) is 0. The second-order valence-electron chi connectivity index (χ2n) is 4.45. The lowest BCUT2D eigenvalue weighted by Gasteiger charge is -2.34. The van der Waals surface area contributed by atoms with Crippen molar-refractivity contribution in [1.82, 2.24) is 9.80 Å². The first-order chi connectivity index (χ1) is 9.13. The second kappa shape index (κ2) is 6.32. The Bertz CT molecular complexity index is 442. The molecular formula is C13H16ClFN2O2. The molecule has 1 saturated heterocycles. The highest BCUT2D eigenvalue weighted by molar-refractivity contribution is 6.33. The molecule has 0 aromatic heterocycles. The molecule has 0 aliphatic carbocycles. The van der Waals surface area contributed by atoms with Crippen LogP contribution < -0.4 is 0 Å². The zero-order valence-corrected chi connectivity index (χ0v) is 11.2. The minimum absolute atomic E-state index is 0.0558. The predicted molar refractivity (Wildman–Crippen MR) is 70.8 cm³/mol. The van der Waals surface area contributed by atoms with Gasteiger partial charge in [0.25, 0.3) is 5.91 Å². The van der Waals surface area contributed by atoms with Gasteiger partial charge in [-0.25, -0.2) is 4.39 Å². The number of rotatable bonds is 3. The molecule has 2 rings (SSSR count). The van der Waals surface area contributed by atoms with Crippen LogP contribution >= 0.6 is 11.6 Å². The Morgan fingerprint density at radius 1 is 1.32 bits per heavy atom. The van der Waals surface area contributed by atoms with E-state index in [1.165, 1.54) is 18.2 Å². The predicted octanol–water partition coefficient (Wildman–Crippen LogP) is 1.23. The molecule has 1 aliphatic heterocycles. The fraction of sp³-hybridized carbons (Fsp3) is 0.462. The molecule has 0 saturated carbocycles. The van der Waals surface area contributed by atoms with Gasteiger partial charge in [0.2, 0.25) is 0 Å². The van der Waals surface area contributed by atoms with Crippen LogP contribution in [0.1, 0.15) is 10.4 Å². The van der Waals surface area contributed by atoms with Gasteiger partial charge in [-0.2, -0.15) is 0 Å². The van der Waals surface area contributed by atoms with Gasteiger partial charge in [0.15, 0.2) is 0 Å². The number of β-amino-alcohol motifs (C(OH)–C–C–N with tert-alkyl or cyclic N) is 1. The van der Waals surface area contributed by atoms with Crippen LogP contribution in [0.3, 0.4) is 0 Å². The van der Waals surface area contributed by atoms with Crippen LogP contribution in [-0.2, 0) is 0 Å². The summed E-state index contributed by atoms with van der Waals surface area (Å²) in [6.45, 7) is 3.10. The van der Waals surface area contributed by atoms with Gasteiger partial charge < -0.3 is 10.0 Å². The van der Waals surface area contributed by atoms with Crippen LogP contribution in [0, 0.1) is 5.82 Å². The SMILES string of the molecule is O=C(c1c(F)cccc1Cl)N1CCN(CCO)CC1. The molecule has 0 atom stereocenters. The van der Waals surface area contributed by atoms with Gasteiger partial charge >= 0.3 is 0 Å². The molecule has 19 heavy (non-hydrogen) atoms. The van der Waals surface area contributed by atoms with Crippen LogP contribution in [0.4, 0.5) is 4.39 Å². The first-order valence-electron chi connectivity index (χ1n) is 6.20. The van der Waals surface area contributed by atoms with Crippen LogP contribution in [-0.4, -0.2) is 60.1 Å². The lowest BCUT2D eigenvalue weighted by atomic mass is 10.1. The van der Waals surface area contributed by atoms with Crippen LogP contribution in [0.2, 0.25) is 5.02 Å². The summed E-state index contributed by atoms with van der Waals surface area (Å²) in [6, 6.07) is 4.23. The molecule has 1 aliphatic rings. The highest BCUT2D eigenvalue weighted by atomic mass is 35.5. The minimum atomic E-state index is -0.588. The van der Waals surface area contributed by atoms with Gasteiger partial charge in [0.1, 0.15) is 5.82 Å². The van der Waals surface area contributed by atoms with E-state index in [0.717, 1.165) is 0 Å². The molecule has 4 nitrogen and oxygen atoms in total. The van der Waals surface area contributed by atoms with Crippen molar-refractivity contribution >= 4 is 17.5 Å². The fourth-order valence-electron chi connectivity index (χ4n) is 2.18. The monoisotopic (exact) mass is 286 g/mol. The largest absolute Gasteiger partial charge is 0.395 e. The Kier molecular flexibility index (Phi) is 4.74. The lowest BCUT2D eigenvalue weighted by molar-refractivity contribution is 0.0611. The average molecular weight is 287 g/mol. The molecule has 1 fully saturated rings. The molecule has 104 valence electrons. The molecule has 1 amide bonds. The fourth-order valence-corrected chi connectivity index (χ4v) is 2.42. The number of aliphatic hydroxyl groups is 1. The van der Waals surface area contributed by atoms with Gasteiger partial charge in [-0.1, -0.05) is 17.7 Å². The third-order valence-corrected chi connectivity index (χ3v) is 3.57. The topological polar surface area (TPSA) is 43.8 Å². The zero-order chi connectivity index (χ0) is 13.8. The van der Waals surface area contributed by atoms with Crippen molar-refractivity contribution in [3.8, 4) is 0 Å². The van der Waals surface area contributed by atoms with Gasteiger partial charge in [-0.3, -0.25) is 9.69 Å². The number of carbonyl (C=O) groups is 1. The summed E-state index contributed by atoms with van der Waals surface area (Å²) in [5.74, 6) is -0.956. The summed E-state index contributed by atoms with van der Waals surface area (Å²) in [7, 11) is 0. The van der Waals surface area contributed by atoms with Crippen molar-refractivity contribution in [3.63, 3.8) is 0 Å². The van der Waals surface area contributed by atoms with E-state index < -0.39 is 5.82 Å². The molecule has 1 N–H and O–H groups in total. The number of benzene rings is 1. The molecule has 0 unspecified atom stereocenters. The minimum Gasteiger partial charge on any atom is -0.395 e. The molecule has 0 radical (unpaired) electrons. The molecular weight excluding hydrogens is 271 g/mol. The number of hydrogen-bond acceptors (Lipinski definition) is 3. The van der Waals surface area contributed by atoms with Gasteiger partial charge in [-0.15, -0.1) is 0 Å². The number of aliphatic hydroxyl groups excluding tert-OH is 1. The summed E-state index contributed by atoms with van der Waals surface area (Å²) in [4.78, 5) is 15.9. The van der Waals surface area contributed by atoms with Crippen LogP contribution in [0.5, 0.6) is 0 Å². The Hall–Kier alpha value is -1.17. The number of piperazine rings is 1. The van der Waals surface area contributed by atoms with E-state index in [-0.39, 0.29) is 23.1 Å². The van der Waals surface area contributed by atoms with Crippen LogP contribution in [0.25, 0.3) is 0 Å². The van der Waals surface area contributed by atoms with E-state index in [9.17, 15) is 9.18 Å². The molecule has 0 bridgehead atoms. The Morgan fingerprint density at radius 3 is 2.58 bits per heavy atom. The first-order valence-corrected chi connectivity index (χ1v) is 6.58. The molecule has 1 aromatic rings. The van der Waals surface area contributed by atoms with E-state index in [0.29, 0.717) is 32.7 Å². The van der Waals surface area contributed by atoms with E-state index in [1.54, 1.807) is 4.90 Å². The van der Waals surface area contributed by atoms with E-state index in [2.05, 4.69) is 4.90 Å². The van der Waals surface area contributed by atoms with Crippen LogP contribution in [0.15, 0.2) is 18.2 Å². The average Bonchev–Trinajstić information content (AvgIpc) is 2.39. The maximum Gasteiger partial charge on any atom is 0.258 e. The highest BCUT2D eigenvalue weighted by Gasteiger charge is 2.25. The first kappa shape index (κ1) is 14.2. The number of amides is 1. The molecule has 6 heteroatoms. The standard InChI is InChI=1S/C13H16ClFN2O2/c14-10-2-1-3-11(15)12(10)13(19)17-6-4-16(5-7-17)8-9-18/h1-3,18H,4-9H2. The van der Waals surface area contributed by atoms with Crippen molar-refractivity contribution in [1.29, 1.82) is 0 Å². The summed E-state index contributed by atoms with van der Waals surface area (Å²) in [5, 5.41) is 9.00. The van der Waals surface area contributed by atoms with E-state index in [4.69, 9.17) is 16.7 Å². The summed E-state index contributed by atoms with van der Waals surface area (Å²) < 4.78 is 13.7. The number of halogens is 2. The van der Waals surface area contributed by atoms with Crippen molar-refractivity contribution in [2.75, 3.05) is 39.3 Å². The Morgan fingerprint density at radius 2 is 2.00 bits per heavy atom. The summed E-state index contributed by atoms with van der Waals surface area (Å²) >= 11 is 5.89. The quantitative estimate of drug-likeness (QED) is 0.909. The van der Waals surface area contributed by atoms with Crippen molar-refractivity contribution < 1.29 is 14.3 Å². The second-order valence-corrected chi connectivity index (χ2v) is 4.86. The van der Waals surface area contributed by atoms with E-state index >= 15 is 0 Å². The lowest BCUT2D eigenvalue weighted by Crippen LogP contribution is -2.49. The van der Waals surface area contributed by atoms with Gasteiger partial charge in [0.05, 0.1) is 17.2 Å². The van der Waals surface area contributed by atoms with Gasteiger partial charge in [0, 0.05) is 32.7 Å².